The molecule has 1 aliphatic rings. The van der Waals surface area contributed by atoms with Gasteiger partial charge in [0.2, 0.25) is 10.0 Å². The third-order valence-corrected chi connectivity index (χ3v) is 2.96. The Morgan fingerprint density at radius 2 is 1.50 bits per heavy atom. The van der Waals surface area contributed by atoms with Gasteiger partial charge in [0, 0.05) is 5.41 Å². The van der Waals surface area contributed by atoms with E-state index in [4.69, 9.17) is 0 Å². The van der Waals surface area contributed by atoms with Gasteiger partial charge < -0.3 is 0 Å². The van der Waals surface area contributed by atoms with Gasteiger partial charge in [-0.3, -0.25) is 0 Å². The molecule has 1 aromatic carbocycles. The number of aryl methyl sites for hydroxylation is 2. The van der Waals surface area contributed by atoms with Gasteiger partial charge in [0.25, 0.3) is 0 Å². The van der Waals surface area contributed by atoms with E-state index in [1.165, 1.54) is 25.7 Å². The van der Waals surface area contributed by atoms with E-state index in [0.29, 0.717) is 5.41 Å². The summed E-state index contributed by atoms with van der Waals surface area (Å²) >= 11 is 0. The van der Waals surface area contributed by atoms with Crippen molar-refractivity contribution < 1.29 is 8.42 Å². The number of benzene rings is 1. The Kier molecular flexibility index (Phi) is 4.71. The Labute approximate surface area is 97.0 Å². The lowest BCUT2D eigenvalue weighted by atomic mass is 9.92. The molecular formula is C12H17NO2S. The molecule has 0 saturated heterocycles. The highest BCUT2D eigenvalue weighted by Gasteiger charge is 2.05. The lowest BCUT2D eigenvalue weighted by molar-refractivity contribution is 0.606. The van der Waals surface area contributed by atoms with Crippen LogP contribution in [-0.2, 0) is 22.9 Å². The van der Waals surface area contributed by atoms with Crippen LogP contribution < -0.4 is 5.14 Å². The summed E-state index contributed by atoms with van der Waals surface area (Å²) in [5, 5.41) is 5.08. The van der Waals surface area contributed by atoms with Crippen LogP contribution >= 0.6 is 0 Å². The molecule has 0 radical (unpaired) electrons. The number of rotatable bonds is 1. The van der Waals surface area contributed by atoms with E-state index < -0.39 is 10.0 Å². The topological polar surface area (TPSA) is 60.2 Å². The molecule has 88 valence electrons. The molecule has 2 N–H and O–H groups in total. The van der Waals surface area contributed by atoms with E-state index in [2.05, 4.69) is 36.0 Å². The van der Waals surface area contributed by atoms with E-state index >= 15 is 0 Å². The van der Waals surface area contributed by atoms with Crippen molar-refractivity contribution in [2.45, 2.75) is 25.7 Å². The molecule has 2 rings (SSSR count). The molecule has 0 bridgehead atoms. The van der Waals surface area contributed by atoms with E-state index in [0.717, 1.165) is 0 Å². The van der Waals surface area contributed by atoms with Gasteiger partial charge in [0.15, 0.2) is 0 Å². The SMILES string of the molecule is C=CS(N)(=O)=O.c1ccc2c(c1)CCCC2. The Balaban J connectivity index is 0.000000187. The van der Waals surface area contributed by atoms with E-state index in [1.807, 2.05) is 0 Å². The second-order valence-electron chi connectivity index (χ2n) is 3.73. The standard InChI is InChI=1S/C10H12.C2H5NO2S/c1-2-6-10-8-4-3-7-9(10)5-1;1-2-6(3,4)5/h1-2,5-6H,3-4,7-8H2;2H,1H2,(H2,3,4,5). The fourth-order valence-corrected chi connectivity index (χ4v) is 1.68. The Morgan fingerprint density at radius 1 is 1.12 bits per heavy atom. The van der Waals surface area contributed by atoms with Crippen LogP contribution in [0.4, 0.5) is 0 Å². The van der Waals surface area contributed by atoms with E-state index in [-0.39, 0.29) is 0 Å². The van der Waals surface area contributed by atoms with Gasteiger partial charge in [-0.1, -0.05) is 30.8 Å². The third kappa shape index (κ3) is 4.59. The molecule has 0 heterocycles. The highest BCUT2D eigenvalue weighted by molar-refractivity contribution is 7.92. The molecule has 0 unspecified atom stereocenters. The Hall–Kier alpha value is -1.13. The van der Waals surface area contributed by atoms with Crippen LogP contribution in [0.5, 0.6) is 0 Å². The van der Waals surface area contributed by atoms with Crippen LogP contribution in [0.1, 0.15) is 24.0 Å². The first-order valence-electron chi connectivity index (χ1n) is 5.25. The lowest BCUT2D eigenvalue weighted by Gasteiger charge is -2.13. The fourth-order valence-electron chi connectivity index (χ4n) is 1.68. The highest BCUT2D eigenvalue weighted by Crippen LogP contribution is 2.19. The van der Waals surface area contributed by atoms with Crippen molar-refractivity contribution in [2.24, 2.45) is 5.14 Å². The van der Waals surface area contributed by atoms with Crippen molar-refractivity contribution in [2.75, 3.05) is 0 Å². The minimum atomic E-state index is -3.40. The summed E-state index contributed by atoms with van der Waals surface area (Å²) in [6.45, 7) is 2.92. The first-order valence-corrected chi connectivity index (χ1v) is 6.86. The molecule has 0 saturated carbocycles. The maximum absolute atomic E-state index is 9.66. The monoisotopic (exact) mass is 239 g/mol. The maximum Gasteiger partial charge on any atom is 0.230 e. The zero-order chi connectivity index (χ0) is 12.0. The Morgan fingerprint density at radius 3 is 1.81 bits per heavy atom. The molecule has 3 nitrogen and oxygen atoms in total. The normalized spacial score (nSPS) is 14.3. The van der Waals surface area contributed by atoms with Crippen LogP contribution in [0.3, 0.4) is 0 Å². The minimum Gasteiger partial charge on any atom is -0.225 e. The molecule has 1 aromatic rings. The molecule has 0 spiro atoms. The van der Waals surface area contributed by atoms with Gasteiger partial charge in [0.1, 0.15) is 0 Å². The van der Waals surface area contributed by atoms with Crippen molar-refractivity contribution in [3.63, 3.8) is 0 Å². The number of primary sulfonamides is 1. The number of hydrogen-bond acceptors (Lipinski definition) is 2. The van der Waals surface area contributed by atoms with Crippen molar-refractivity contribution in [3.05, 3.63) is 47.4 Å². The predicted octanol–water partition coefficient (Wildman–Crippen LogP) is 1.98. The smallest absolute Gasteiger partial charge is 0.225 e. The summed E-state index contributed by atoms with van der Waals surface area (Å²) in [6.07, 6.45) is 5.38. The number of fused-ring (bicyclic) bond motifs is 1. The zero-order valence-electron chi connectivity index (χ0n) is 9.22. The molecule has 0 aromatic heterocycles. The minimum absolute atomic E-state index is 0.688. The van der Waals surface area contributed by atoms with Crippen LogP contribution in [0.2, 0.25) is 0 Å². The average molecular weight is 239 g/mol. The van der Waals surface area contributed by atoms with Gasteiger partial charge in [-0.2, -0.15) is 0 Å². The summed E-state index contributed by atoms with van der Waals surface area (Å²) in [7, 11) is -3.40. The summed E-state index contributed by atoms with van der Waals surface area (Å²) in [5.74, 6) is 0. The second-order valence-corrected chi connectivity index (χ2v) is 5.24. The number of hydrogen-bond donors (Lipinski definition) is 1. The lowest BCUT2D eigenvalue weighted by Crippen LogP contribution is -2.05. The van der Waals surface area contributed by atoms with Crippen molar-refractivity contribution in [1.82, 2.24) is 0 Å². The summed E-state index contributed by atoms with van der Waals surface area (Å²) in [4.78, 5) is 0. The van der Waals surface area contributed by atoms with Gasteiger partial charge in [0.05, 0.1) is 0 Å². The fraction of sp³-hybridized carbons (Fsp3) is 0.333. The largest absolute Gasteiger partial charge is 0.230 e. The van der Waals surface area contributed by atoms with Gasteiger partial charge in [-0.15, -0.1) is 0 Å². The van der Waals surface area contributed by atoms with Crippen molar-refractivity contribution >= 4 is 10.0 Å². The van der Waals surface area contributed by atoms with Crippen LogP contribution in [-0.4, -0.2) is 8.42 Å². The molecule has 0 aliphatic heterocycles. The predicted molar refractivity (Wildman–Crippen MR) is 66.4 cm³/mol. The third-order valence-electron chi connectivity index (χ3n) is 2.49. The van der Waals surface area contributed by atoms with Gasteiger partial charge >= 0.3 is 0 Å². The highest BCUT2D eigenvalue weighted by atomic mass is 32.2. The van der Waals surface area contributed by atoms with Crippen molar-refractivity contribution in [1.29, 1.82) is 0 Å². The molecule has 0 fully saturated rings. The molecule has 1 aliphatic carbocycles. The maximum atomic E-state index is 9.66. The first-order chi connectivity index (χ1) is 7.53. The summed E-state index contributed by atoms with van der Waals surface area (Å²) in [5.41, 5.74) is 3.16. The van der Waals surface area contributed by atoms with E-state index in [1.54, 1.807) is 11.1 Å². The second kappa shape index (κ2) is 5.82. The molecule has 4 heteroatoms. The molecule has 0 amide bonds. The number of nitrogens with two attached hydrogens (primary N) is 1. The van der Waals surface area contributed by atoms with Gasteiger partial charge in [-0.25, -0.2) is 13.6 Å². The molecule has 0 atom stereocenters. The average Bonchev–Trinajstić information content (AvgIpc) is 2.29. The van der Waals surface area contributed by atoms with E-state index in [9.17, 15) is 8.42 Å². The molecular weight excluding hydrogens is 222 g/mol. The quantitative estimate of drug-likeness (QED) is 0.814. The number of sulfonamides is 1. The molecule has 16 heavy (non-hydrogen) atoms. The van der Waals surface area contributed by atoms with Crippen LogP contribution in [0.25, 0.3) is 0 Å². The first kappa shape index (κ1) is 12.9. The van der Waals surface area contributed by atoms with Crippen molar-refractivity contribution in [3.8, 4) is 0 Å². The van der Waals surface area contributed by atoms with Crippen LogP contribution in [0.15, 0.2) is 36.3 Å². The van der Waals surface area contributed by atoms with Gasteiger partial charge in [-0.05, 0) is 36.8 Å². The zero-order valence-corrected chi connectivity index (χ0v) is 10.0. The Bertz CT molecular complexity index is 415. The summed E-state index contributed by atoms with van der Waals surface area (Å²) in [6, 6.07) is 8.80. The summed E-state index contributed by atoms with van der Waals surface area (Å²) < 4.78 is 19.3. The van der Waals surface area contributed by atoms with Crippen LogP contribution in [0, 0.1) is 0 Å².